The summed E-state index contributed by atoms with van der Waals surface area (Å²) in [5.74, 6) is 3.46. The molecule has 0 radical (unpaired) electrons. The average Bonchev–Trinajstić information content (AvgIpc) is 2.97. The van der Waals surface area contributed by atoms with Crippen LogP contribution in [0.5, 0.6) is 0 Å². The van der Waals surface area contributed by atoms with Gasteiger partial charge in [0, 0.05) is 12.0 Å². The molecule has 4 rings (SSSR count). The molecule has 1 N–H and O–H groups in total. The number of hydrogen-bond acceptors (Lipinski definition) is 3. The van der Waals surface area contributed by atoms with E-state index in [1.165, 1.54) is 31.2 Å². The molecular weight excluding hydrogens is 336 g/mol. The van der Waals surface area contributed by atoms with Gasteiger partial charge in [-0.1, -0.05) is 50.1 Å². The van der Waals surface area contributed by atoms with Crippen LogP contribution in [0, 0.1) is 31.6 Å². The van der Waals surface area contributed by atoms with Gasteiger partial charge in [-0.15, -0.1) is 0 Å². The zero-order valence-corrected chi connectivity index (χ0v) is 16.6. The van der Waals surface area contributed by atoms with Gasteiger partial charge in [0.2, 0.25) is 5.91 Å². The van der Waals surface area contributed by atoms with Gasteiger partial charge in [0.25, 0.3) is 0 Å². The quantitative estimate of drug-likeness (QED) is 0.879. The van der Waals surface area contributed by atoms with E-state index in [1.54, 1.807) is 0 Å². The molecule has 5 nitrogen and oxygen atoms in total. The van der Waals surface area contributed by atoms with Gasteiger partial charge in [-0.2, -0.15) is 5.10 Å². The Morgan fingerprint density at radius 2 is 1.89 bits per heavy atom. The minimum atomic E-state index is -0.121. The lowest BCUT2D eigenvalue weighted by Crippen LogP contribution is -2.60. The maximum atomic E-state index is 12.9. The molecule has 1 aromatic carbocycles. The van der Waals surface area contributed by atoms with Crippen molar-refractivity contribution in [2.75, 3.05) is 0 Å². The standard InChI is InChI=1S/C22H30N4O/c1-14(13-26-16(3)23-15(2)25-26)22(27)24-21-19-12-8-7-11-18(19)20(21)17-9-5-4-6-10-17/h4-6,9-10,14,18-21H,7-8,11-13H2,1-3H3,(H,24,27)/t14?,18?,19?,20-,21-/m0/s1. The number of aryl methyl sites for hydroxylation is 2. The third kappa shape index (κ3) is 3.52. The first-order chi connectivity index (χ1) is 13.0. The van der Waals surface area contributed by atoms with Crippen molar-refractivity contribution < 1.29 is 4.79 Å². The Balaban J connectivity index is 1.46. The number of nitrogens with zero attached hydrogens (tertiary/aromatic N) is 3. The van der Waals surface area contributed by atoms with Crippen molar-refractivity contribution in [2.24, 2.45) is 17.8 Å². The molecule has 0 bridgehead atoms. The Labute approximate surface area is 161 Å². The van der Waals surface area contributed by atoms with Crippen molar-refractivity contribution in [1.82, 2.24) is 20.1 Å². The van der Waals surface area contributed by atoms with E-state index in [0.29, 0.717) is 18.4 Å². The van der Waals surface area contributed by atoms with Gasteiger partial charge in [0.05, 0.1) is 12.5 Å². The third-order valence-corrected chi connectivity index (χ3v) is 6.53. The lowest BCUT2D eigenvalue weighted by atomic mass is 9.53. The molecule has 0 saturated heterocycles. The minimum Gasteiger partial charge on any atom is -0.352 e. The Hall–Kier alpha value is -2.17. The first kappa shape index (κ1) is 18.2. The molecular formula is C22H30N4O. The second kappa shape index (κ2) is 7.45. The number of hydrogen-bond donors (Lipinski definition) is 1. The van der Waals surface area contributed by atoms with E-state index in [9.17, 15) is 4.79 Å². The van der Waals surface area contributed by atoms with Crippen LogP contribution in [0.4, 0.5) is 0 Å². The summed E-state index contributed by atoms with van der Waals surface area (Å²) in [6.07, 6.45) is 5.16. The van der Waals surface area contributed by atoms with Crippen LogP contribution in [0.3, 0.4) is 0 Å². The van der Waals surface area contributed by atoms with Crippen molar-refractivity contribution in [3.63, 3.8) is 0 Å². The summed E-state index contributed by atoms with van der Waals surface area (Å²) >= 11 is 0. The fourth-order valence-corrected chi connectivity index (χ4v) is 5.18. The maximum absolute atomic E-state index is 12.9. The molecule has 144 valence electrons. The topological polar surface area (TPSA) is 59.8 Å². The summed E-state index contributed by atoms with van der Waals surface area (Å²) in [6.45, 7) is 6.39. The monoisotopic (exact) mass is 366 g/mol. The molecule has 3 unspecified atom stereocenters. The van der Waals surface area contributed by atoms with Gasteiger partial charge >= 0.3 is 0 Å². The Kier molecular flexibility index (Phi) is 5.02. The summed E-state index contributed by atoms with van der Waals surface area (Å²) in [4.78, 5) is 17.3. The normalized spacial score (nSPS) is 28.1. The molecule has 5 atom stereocenters. The van der Waals surface area contributed by atoms with Crippen molar-refractivity contribution in [3.05, 3.63) is 47.5 Å². The minimum absolute atomic E-state index is 0.121. The number of nitrogens with one attached hydrogen (secondary N) is 1. The highest BCUT2D eigenvalue weighted by atomic mass is 16.2. The molecule has 0 aliphatic heterocycles. The van der Waals surface area contributed by atoms with Gasteiger partial charge < -0.3 is 5.32 Å². The van der Waals surface area contributed by atoms with Crippen LogP contribution < -0.4 is 5.32 Å². The SMILES string of the molecule is Cc1nc(C)n(CC(C)C(=O)N[C@H]2C3CCCCC3[C@@H]2c2ccccc2)n1. The van der Waals surface area contributed by atoms with Crippen LogP contribution in [-0.4, -0.2) is 26.7 Å². The fourth-order valence-electron chi connectivity index (χ4n) is 5.18. The molecule has 2 aliphatic carbocycles. The summed E-state index contributed by atoms with van der Waals surface area (Å²) in [7, 11) is 0. The lowest BCUT2D eigenvalue weighted by Gasteiger charge is -2.55. The zero-order valence-electron chi connectivity index (χ0n) is 16.6. The Morgan fingerprint density at radius 3 is 2.56 bits per heavy atom. The Bertz CT molecular complexity index is 800. The molecule has 5 heteroatoms. The molecule has 2 fully saturated rings. The number of aromatic nitrogens is 3. The zero-order chi connectivity index (χ0) is 19.0. The van der Waals surface area contributed by atoms with Crippen molar-refractivity contribution in [1.29, 1.82) is 0 Å². The second-order valence-electron chi connectivity index (χ2n) is 8.37. The first-order valence-corrected chi connectivity index (χ1v) is 10.3. The number of rotatable bonds is 5. The maximum Gasteiger partial charge on any atom is 0.224 e. The van der Waals surface area contributed by atoms with Crippen LogP contribution in [0.15, 0.2) is 30.3 Å². The number of carbonyl (C=O) groups excluding carboxylic acids is 1. The van der Waals surface area contributed by atoms with Crippen molar-refractivity contribution >= 4 is 5.91 Å². The fraction of sp³-hybridized carbons (Fsp3) is 0.591. The number of amides is 1. The third-order valence-electron chi connectivity index (χ3n) is 6.53. The van der Waals surface area contributed by atoms with Crippen LogP contribution in [0.2, 0.25) is 0 Å². The summed E-state index contributed by atoms with van der Waals surface area (Å²) < 4.78 is 1.85. The lowest BCUT2D eigenvalue weighted by molar-refractivity contribution is -0.128. The molecule has 2 aromatic rings. The number of fused-ring (bicyclic) bond motifs is 1. The molecule has 1 amide bonds. The van der Waals surface area contributed by atoms with Gasteiger partial charge in [-0.3, -0.25) is 4.79 Å². The predicted molar refractivity (Wildman–Crippen MR) is 105 cm³/mol. The average molecular weight is 367 g/mol. The molecule has 27 heavy (non-hydrogen) atoms. The van der Waals surface area contributed by atoms with E-state index < -0.39 is 0 Å². The van der Waals surface area contributed by atoms with Crippen LogP contribution in [0.25, 0.3) is 0 Å². The van der Waals surface area contributed by atoms with Gasteiger partial charge in [0.1, 0.15) is 11.6 Å². The molecule has 2 aliphatic rings. The van der Waals surface area contributed by atoms with Crippen LogP contribution in [-0.2, 0) is 11.3 Å². The molecule has 2 saturated carbocycles. The van der Waals surface area contributed by atoms with Crippen LogP contribution >= 0.6 is 0 Å². The number of benzene rings is 1. The van der Waals surface area contributed by atoms with E-state index in [1.807, 2.05) is 25.5 Å². The summed E-state index contributed by atoms with van der Waals surface area (Å²) in [6, 6.07) is 11.0. The molecule has 1 aromatic heterocycles. The highest BCUT2D eigenvalue weighted by Gasteiger charge is 2.51. The molecule has 1 heterocycles. The highest BCUT2D eigenvalue weighted by Crippen LogP contribution is 2.54. The predicted octanol–water partition coefficient (Wildman–Crippen LogP) is 3.62. The Morgan fingerprint density at radius 1 is 1.19 bits per heavy atom. The smallest absolute Gasteiger partial charge is 0.224 e. The summed E-state index contributed by atoms with van der Waals surface area (Å²) in [5.41, 5.74) is 1.38. The van der Waals surface area contributed by atoms with E-state index in [-0.39, 0.29) is 17.9 Å². The van der Waals surface area contributed by atoms with Crippen molar-refractivity contribution in [3.8, 4) is 0 Å². The highest BCUT2D eigenvalue weighted by molar-refractivity contribution is 5.79. The second-order valence-corrected chi connectivity index (χ2v) is 8.37. The number of carbonyl (C=O) groups is 1. The van der Waals surface area contributed by atoms with Gasteiger partial charge in [-0.05, 0) is 44.1 Å². The molecule has 0 spiro atoms. The largest absolute Gasteiger partial charge is 0.352 e. The van der Waals surface area contributed by atoms with Gasteiger partial charge in [-0.25, -0.2) is 9.67 Å². The van der Waals surface area contributed by atoms with Gasteiger partial charge in [0.15, 0.2) is 0 Å². The van der Waals surface area contributed by atoms with Crippen LogP contribution in [0.1, 0.15) is 55.7 Å². The summed E-state index contributed by atoms with van der Waals surface area (Å²) in [5, 5.41) is 7.81. The van der Waals surface area contributed by atoms with E-state index in [0.717, 1.165) is 17.6 Å². The van der Waals surface area contributed by atoms with E-state index >= 15 is 0 Å². The van der Waals surface area contributed by atoms with E-state index in [4.69, 9.17) is 0 Å². The first-order valence-electron chi connectivity index (χ1n) is 10.3. The van der Waals surface area contributed by atoms with E-state index in [2.05, 4.69) is 45.7 Å². The van der Waals surface area contributed by atoms with Crippen molar-refractivity contribution in [2.45, 2.75) is 65.0 Å².